The first kappa shape index (κ1) is 5.36. The van der Waals surface area contributed by atoms with E-state index in [-0.39, 0.29) is 0 Å². The van der Waals surface area contributed by atoms with Gasteiger partial charge in [-0.1, -0.05) is 21.5 Å². The Bertz CT molecular complexity index is 90.7. The normalized spacial score (nSPS) is 21.4. The molecule has 0 nitrogen and oxygen atoms in total. The van der Waals surface area contributed by atoms with Gasteiger partial charge in [-0.3, -0.25) is 0 Å². The van der Waals surface area contributed by atoms with Gasteiger partial charge in [-0.2, -0.15) is 0 Å². The van der Waals surface area contributed by atoms with E-state index in [1.807, 2.05) is 0 Å². The van der Waals surface area contributed by atoms with Crippen LogP contribution in [0.1, 0.15) is 26.2 Å². The van der Waals surface area contributed by atoms with Crippen molar-refractivity contribution in [3.05, 3.63) is 10.1 Å². The second-order valence-electron chi connectivity index (χ2n) is 2.04. The smallest absolute Gasteiger partial charge is 0.00600 e. The Morgan fingerprint density at radius 3 is 2.29 bits per heavy atom. The van der Waals surface area contributed by atoms with Crippen LogP contribution in [0.3, 0.4) is 0 Å². The van der Waals surface area contributed by atoms with Crippen molar-refractivity contribution in [3.63, 3.8) is 0 Å². The Labute approximate surface area is 52.7 Å². The second kappa shape index (κ2) is 1.99. The Balaban J connectivity index is 2.64. The van der Waals surface area contributed by atoms with Crippen LogP contribution < -0.4 is 0 Å². The molecule has 0 spiro atoms. The summed E-state index contributed by atoms with van der Waals surface area (Å²) in [6.07, 6.45) is 3.93. The van der Waals surface area contributed by atoms with Gasteiger partial charge in [0.2, 0.25) is 0 Å². The lowest BCUT2D eigenvalue weighted by Gasteiger charge is -1.85. The molecule has 0 amide bonds. The average molecular weight is 161 g/mol. The van der Waals surface area contributed by atoms with E-state index in [1.54, 1.807) is 5.57 Å². The van der Waals surface area contributed by atoms with Crippen molar-refractivity contribution in [3.8, 4) is 0 Å². The fraction of sp³-hybridized carbons (Fsp3) is 0.667. The molecule has 0 unspecified atom stereocenters. The maximum atomic E-state index is 3.48. The quantitative estimate of drug-likeness (QED) is 0.512. The molecule has 0 fully saturated rings. The number of hydrogen-bond donors (Lipinski definition) is 0. The van der Waals surface area contributed by atoms with Crippen LogP contribution in [0.4, 0.5) is 0 Å². The van der Waals surface area contributed by atoms with Gasteiger partial charge in [0.15, 0.2) is 0 Å². The molecular weight excluding hydrogens is 152 g/mol. The van der Waals surface area contributed by atoms with Gasteiger partial charge in [-0.25, -0.2) is 0 Å². The zero-order chi connectivity index (χ0) is 5.28. The maximum absolute atomic E-state index is 3.48. The van der Waals surface area contributed by atoms with Crippen LogP contribution in [0.15, 0.2) is 10.1 Å². The summed E-state index contributed by atoms with van der Waals surface area (Å²) in [7, 11) is 0. The predicted octanol–water partition coefficient (Wildman–Crippen LogP) is 2.84. The number of rotatable bonds is 0. The van der Waals surface area contributed by atoms with Crippen LogP contribution in [0, 0.1) is 0 Å². The molecule has 0 saturated carbocycles. The summed E-state index contributed by atoms with van der Waals surface area (Å²) >= 11 is 3.48. The summed E-state index contributed by atoms with van der Waals surface area (Å²) < 4.78 is 1.44. The van der Waals surface area contributed by atoms with Gasteiger partial charge < -0.3 is 0 Å². The lowest BCUT2D eigenvalue weighted by atomic mass is 10.3. The average Bonchev–Trinajstić information content (AvgIpc) is 1.91. The molecule has 40 valence electrons. The zero-order valence-electron chi connectivity index (χ0n) is 4.50. The lowest BCUT2D eigenvalue weighted by Crippen LogP contribution is -1.62. The highest BCUT2D eigenvalue weighted by atomic mass is 79.9. The molecule has 1 heteroatoms. The van der Waals surface area contributed by atoms with Crippen molar-refractivity contribution in [2.24, 2.45) is 0 Å². The molecule has 0 saturated heterocycles. The van der Waals surface area contributed by atoms with E-state index >= 15 is 0 Å². The number of allylic oxidation sites excluding steroid dienone is 2. The minimum absolute atomic E-state index is 1.27. The summed E-state index contributed by atoms with van der Waals surface area (Å²) in [6.45, 7) is 2.19. The Morgan fingerprint density at radius 1 is 1.43 bits per heavy atom. The molecule has 1 aliphatic rings. The van der Waals surface area contributed by atoms with Gasteiger partial charge in [0, 0.05) is 0 Å². The van der Waals surface area contributed by atoms with E-state index in [2.05, 4.69) is 22.9 Å². The van der Waals surface area contributed by atoms with Gasteiger partial charge >= 0.3 is 0 Å². The molecule has 7 heavy (non-hydrogen) atoms. The predicted molar refractivity (Wildman–Crippen MR) is 35.5 cm³/mol. The first-order valence-electron chi connectivity index (χ1n) is 2.65. The Hall–Kier alpha value is 0.220. The lowest BCUT2D eigenvalue weighted by molar-refractivity contribution is 0.905. The summed E-state index contributed by atoms with van der Waals surface area (Å²) in [5.41, 5.74) is 1.54. The molecular formula is C6H9Br. The molecule has 0 radical (unpaired) electrons. The highest BCUT2D eigenvalue weighted by Crippen LogP contribution is 2.29. The van der Waals surface area contributed by atoms with Crippen LogP contribution >= 0.6 is 15.9 Å². The van der Waals surface area contributed by atoms with Gasteiger partial charge in [0.1, 0.15) is 0 Å². The van der Waals surface area contributed by atoms with E-state index in [4.69, 9.17) is 0 Å². The number of hydrogen-bond acceptors (Lipinski definition) is 0. The van der Waals surface area contributed by atoms with E-state index in [9.17, 15) is 0 Å². The molecule has 0 bridgehead atoms. The van der Waals surface area contributed by atoms with E-state index in [1.165, 1.54) is 23.7 Å². The molecule has 0 atom stereocenters. The van der Waals surface area contributed by atoms with Crippen molar-refractivity contribution >= 4 is 15.9 Å². The van der Waals surface area contributed by atoms with Crippen LogP contribution in [-0.4, -0.2) is 0 Å². The van der Waals surface area contributed by atoms with Crippen LogP contribution in [0.5, 0.6) is 0 Å². The fourth-order valence-corrected chi connectivity index (χ4v) is 1.34. The van der Waals surface area contributed by atoms with E-state index in [0.717, 1.165) is 0 Å². The van der Waals surface area contributed by atoms with Crippen molar-refractivity contribution in [2.75, 3.05) is 0 Å². The van der Waals surface area contributed by atoms with E-state index < -0.39 is 0 Å². The van der Waals surface area contributed by atoms with Crippen LogP contribution in [-0.2, 0) is 0 Å². The molecule has 0 aliphatic heterocycles. The van der Waals surface area contributed by atoms with Crippen molar-refractivity contribution in [2.45, 2.75) is 26.2 Å². The van der Waals surface area contributed by atoms with Gasteiger partial charge in [0.05, 0.1) is 0 Å². The first-order valence-corrected chi connectivity index (χ1v) is 3.44. The standard InChI is InChI=1S/C6H9Br/c1-5-3-2-4-6(5)7/h2-4H2,1H3. The van der Waals surface area contributed by atoms with Gasteiger partial charge in [-0.15, -0.1) is 0 Å². The Morgan fingerprint density at radius 2 is 2.14 bits per heavy atom. The largest absolute Gasteiger partial charge is 0.0632 e. The first-order chi connectivity index (χ1) is 3.30. The third-order valence-corrected chi connectivity index (χ3v) is 2.48. The third-order valence-electron chi connectivity index (χ3n) is 1.41. The summed E-state index contributed by atoms with van der Waals surface area (Å²) in [5.74, 6) is 0. The molecule has 0 N–H and O–H groups in total. The molecule has 0 aromatic rings. The van der Waals surface area contributed by atoms with Gasteiger partial charge in [-0.05, 0) is 30.7 Å². The highest BCUT2D eigenvalue weighted by molar-refractivity contribution is 9.11. The minimum atomic E-state index is 1.27. The SMILES string of the molecule is CC1=C(Br)CCC1. The molecule has 0 aromatic heterocycles. The number of halogens is 1. The van der Waals surface area contributed by atoms with Crippen molar-refractivity contribution in [1.29, 1.82) is 0 Å². The third kappa shape index (κ3) is 1.06. The summed E-state index contributed by atoms with van der Waals surface area (Å²) in [4.78, 5) is 0. The monoisotopic (exact) mass is 160 g/mol. The Kier molecular flexibility index (Phi) is 1.53. The van der Waals surface area contributed by atoms with Crippen molar-refractivity contribution in [1.82, 2.24) is 0 Å². The highest BCUT2D eigenvalue weighted by Gasteiger charge is 2.05. The zero-order valence-corrected chi connectivity index (χ0v) is 6.09. The molecule has 1 aliphatic carbocycles. The van der Waals surface area contributed by atoms with Crippen LogP contribution in [0.25, 0.3) is 0 Å². The van der Waals surface area contributed by atoms with Crippen LogP contribution in [0.2, 0.25) is 0 Å². The maximum Gasteiger partial charge on any atom is -0.00600 e. The van der Waals surface area contributed by atoms with Crippen molar-refractivity contribution < 1.29 is 0 Å². The van der Waals surface area contributed by atoms with E-state index in [0.29, 0.717) is 0 Å². The van der Waals surface area contributed by atoms with Gasteiger partial charge in [0.25, 0.3) is 0 Å². The minimum Gasteiger partial charge on any atom is -0.0632 e. The second-order valence-corrected chi connectivity index (χ2v) is 3.00. The summed E-state index contributed by atoms with van der Waals surface area (Å²) in [5, 5.41) is 0. The fourth-order valence-electron chi connectivity index (χ4n) is 0.858. The molecule has 0 heterocycles. The topological polar surface area (TPSA) is 0 Å². The summed E-state index contributed by atoms with van der Waals surface area (Å²) in [6, 6.07) is 0. The molecule has 0 aromatic carbocycles. The molecule has 1 rings (SSSR count).